The second kappa shape index (κ2) is 6.70. The van der Waals surface area contributed by atoms with E-state index in [1.54, 1.807) is 0 Å². The Morgan fingerprint density at radius 3 is 2.59 bits per heavy atom. The van der Waals surface area contributed by atoms with E-state index in [-0.39, 0.29) is 12.1 Å². The molecule has 1 aliphatic rings. The Bertz CT molecular complexity index is 1120. The summed E-state index contributed by atoms with van der Waals surface area (Å²) in [5.74, 6) is 0.910. The van der Waals surface area contributed by atoms with Gasteiger partial charge < -0.3 is 9.88 Å². The molecular formula is C22H17BrClN3. The van der Waals surface area contributed by atoms with Crippen molar-refractivity contribution in [3.8, 4) is 0 Å². The molecule has 5 rings (SSSR count). The molecule has 5 heteroatoms. The second-order valence-electron chi connectivity index (χ2n) is 6.85. The fourth-order valence-corrected chi connectivity index (χ4v) is 4.46. The lowest BCUT2D eigenvalue weighted by Gasteiger charge is -2.33. The molecule has 1 aliphatic heterocycles. The molecule has 2 heterocycles. The maximum Gasteiger partial charge on any atom is 0.204 e. The van der Waals surface area contributed by atoms with Gasteiger partial charge in [0.2, 0.25) is 5.95 Å². The zero-order chi connectivity index (χ0) is 18.4. The van der Waals surface area contributed by atoms with E-state index in [1.807, 2.05) is 18.2 Å². The summed E-state index contributed by atoms with van der Waals surface area (Å²) < 4.78 is 3.41. The second-order valence-corrected chi connectivity index (χ2v) is 8.20. The summed E-state index contributed by atoms with van der Waals surface area (Å²) in [5, 5.41) is 4.39. The number of hydrogen-bond donors (Lipinski definition) is 1. The summed E-state index contributed by atoms with van der Waals surface area (Å²) in [6.07, 6.45) is 0.936. The third-order valence-corrected chi connectivity index (χ3v) is 5.92. The minimum Gasteiger partial charge on any atom is -0.349 e. The van der Waals surface area contributed by atoms with Crippen LogP contribution in [-0.2, 0) is 0 Å². The highest BCUT2D eigenvalue weighted by molar-refractivity contribution is 9.10. The van der Waals surface area contributed by atoms with Gasteiger partial charge in [-0.1, -0.05) is 63.9 Å². The minimum absolute atomic E-state index is 0.176. The van der Waals surface area contributed by atoms with Crippen LogP contribution >= 0.6 is 27.5 Å². The van der Waals surface area contributed by atoms with E-state index in [0.29, 0.717) is 0 Å². The van der Waals surface area contributed by atoms with Gasteiger partial charge >= 0.3 is 0 Å². The Balaban J connectivity index is 1.67. The van der Waals surface area contributed by atoms with Crippen LogP contribution in [-0.4, -0.2) is 9.55 Å². The van der Waals surface area contributed by atoms with E-state index in [9.17, 15) is 0 Å². The number of nitrogens with one attached hydrogen (secondary N) is 1. The molecule has 1 N–H and O–H groups in total. The zero-order valence-electron chi connectivity index (χ0n) is 14.4. The number of benzene rings is 3. The van der Waals surface area contributed by atoms with Crippen LogP contribution in [0.3, 0.4) is 0 Å². The molecule has 0 spiro atoms. The van der Waals surface area contributed by atoms with Crippen LogP contribution < -0.4 is 5.32 Å². The molecular weight excluding hydrogens is 422 g/mol. The molecule has 3 aromatic carbocycles. The Morgan fingerprint density at radius 2 is 1.78 bits per heavy atom. The molecule has 1 aromatic heterocycles. The van der Waals surface area contributed by atoms with Gasteiger partial charge in [0.25, 0.3) is 0 Å². The van der Waals surface area contributed by atoms with Gasteiger partial charge in [-0.15, -0.1) is 0 Å². The van der Waals surface area contributed by atoms with Gasteiger partial charge in [0.05, 0.1) is 23.1 Å². The molecule has 0 saturated carbocycles. The Labute approximate surface area is 171 Å². The van der Waals surface area contributed by atoms with Crippen molar-refractivity contribution < 1.29 is 0 Å². The van der Waals surface area contributed by atoms with Crippen molar-refractivity contribution in [3.05, 3.63) is 93.4 Å². The number of anilines is 1. The lowest BCUT2D eigenvalue weighted by Crippen LogP contribution is -2.27. The van der Waals surface area contributed by atoms with Crippen LogP contribution in [0, 0.1) is 0 Å². The maximum atomic E-state index is 6.08. The first-order chi connectivity index (χ1) is 13.2. The Hall–Kier alpha value is -2.30. The van der Waals surface area contributed by atoms with E-state index in [4.69, 9.17) is 16.6 Å². The van der Waals surface area contributed by atoms with Crippen molar-refractivity contribution in [1.29, 1.82) is 0 Å². The molecule has 4 aromatic rings. The number of hydrogen-bond acceptors (Lipinski definition) is 2. The number of rotatable bonds is 2. The smallest absolute Gasteiger partial charge is 0.204 e. The predicted molar refractivity (Wildman–Crippen MR) is 114 cm³/mol. The first-order valence-electron chi connectivity index (χ1n) is 8.93. The normalized spacial score (nSPS) is 18.9. The van der Waals surface area contributed by atoms with Crippen LogP contribution in [0.15, 0.2) is 77.3 Å². The summed E-state index contributed by atoms with van der Waals surface area (Å²) >= 11 is 9.71. The van der Waals surface area contributed by atoms with Gasteiger partial charge in [-0.2, -0.15) is 0 Å². The first-order valence-corrected chi connectivity index (χ1v) is 10.1. The molecule has 2 atom stereocenters. The summed E-state index contributed by atoms with van der Waals surface area (Å²) in [5.41, 5.74) is 4.66. The van der Waals surface area contributed by atoms with Crippen LogP contribution in [0.25, 0.3) is 11.0 Å². The van der Waals surface area contributed by atoms with Crippen LogP contribution in [0.5, 0.6) is 0 Å². The van der Waals surface area contributed by atoms with Gasteiger partial charge in [0.15, 0.2) is 0 Å². The standard InChI is InChI=1S/C22H17BrClN3/c23-16-5-3-4-15(12-16)21-13-19(14-8-10-17(24)11-9-14)26-22-25-18-6-1-2-7-20(18)27(21)22/h1-12,19,21H,13H2,(H,25,26)/t19-,21-/m1/s1. The lowest BCUT2D eigenvalue weighted by atomic mass is 9.93. The lowest BCUT2D eigenvalue weighted by molar-refractivity contribution is 0.477. The molecule has 0 amide bonds. The molecule has 27 heavy (non-hydrogen) atoms. The quantitative estimate of drug-likeness (QED) is 0.382. The van der Waals surface area contributed by atoms with Crippen molar-refractivity contribution in [2.75, 3.05) is 5.32 Å². The average Bonchev–Trinajstić information content (AvgIpc) is 3.06. The number of para-hydroxylation sites is 2. The molecule has 0 fully saturated rings. The van der Waals surface area contributed by atoms with Crippen LogP contribution in [0.1, 0.15) is 29.6 Å². The molecule has 0 bridgehead atoms. The summed E-state index contributed by atoms with van der Waals surface area (Å²) in [4.78, 5) is 4.86. The van der Waals surface area contributed by atoms with E-state index < -0.39 is 0 Å². The topological polar surface area (TPSA) is 29.9 Å². The average molecular weight is 439 g/mol. The molecule has 0 aliphatic carbocycles. The highest BCUT2D eigenvalue weighted by atomic mass is 79.9. The minimum atomic E-state index is 0.176. The van der Waals surface area contributed by atoms with E-state index >= 15 is 0 Å². The number of halogens is 2. The van der Waals surface area contributed by atoms with Gasteiger partial charge in [0, 0.05) is 9.50 Å². The Kier molecular flexibility index (Phi) is 4.18. The van der Waals surface area contributed by atoms with Crippen molar-refractivity contribution >= 4 is 44.5 Å². The third kappa shape index (κ3) is 3.03. The maximum absolute atomic E-state index is 6.08. The van der Waals surface area contributed by atoms with Gasteiger partial charge in [0.1, 0.15) is 0 Å². The highest BCUT2D eigenvalue weighted by Gasteiger charge is 2.31. The van der Waals surface area contributed by atoms with Crippen LogP contribution in [0.2, 0.25) is 5.02 Å². The van der Waals surface area contributed by atoms with E-state index in [1.165, 1.54) is 11.1 Å². The molecule has 0 radical (unpaired) electrons. The predicted octanol–water partition coefficient (Wildman–Crippen LogP) is 6.60. The zero-order valence-corrected chi connectivity index (χ0v) is 16.8. The summed E-state index contributed by atoms with van der Waals surface area (Å²) in [6, 6.07) is 25.3. The molecule has 0 unspecified atom stereocenters. The molecule has 0 saturated heterocycles. The Morgan fingerprint density at radius 1 is 0.963 bits per heavy atom. The first kappa shape index (κ1) is 16.8. The van der Waals surface area contributed by atoms with E-state index in [2.05, 4.69) is 80.4 Å². The van der Waals surface area contributed by atoms with Gasteiger partial charge in [-0.3, -0.25) is 0 Å². The highest BCUT2D eigenvalue weighted by Crippen LogP contribution is 2.41. The van der Waals surface area contributed by atoms with Crippen molar-refractivity contribution in [1.82, 2.24) is 9.55 Å². The number of imidazole rings is 1. The fourth-order valence-electron chi connectivity index (χ4n) is 3.92. The van der Waals surface area contributed by atoms with Crippen LogP contribution in [0.4, 0.5) is 5.95 Å². The number of aromatic nitrogens is 2. The van der Waals surface area contributed by atoms with Crippen molar-refractivity contribution in [2.45, 2.75) is 18.5 Å². The summed E-state index contributed by atoms with van der Waals surface area (Å²) in [7, 11) is 0. The number of fused-ring (bicyclic) bond motifs is 3. The van der Waals surface area contributed by atoms with Crippen molar-refractivity contribution in [3.63, 3.8) is 0 Å². The fraction of sp³-hybridized carbons (Fsp3) is 0.136. The monoisotopic (exact) mass is 437 g/mol. The largest absolute Gasteiger partial charge is 0.349 e. The number of nitrogens with zero attached hydrogens (tertiary/aromatic N) is 2. The SMILES string of the molecule is Clc1ccc([C@H]2C[C@H](c3cccc(Br)c3)n3c(nc4ccccc43)N2)cc1. The van der Waals surface area contributed by atoms with Crippen molar-refractivity contribution in [2.24, 2.45) is 0 Å². The van der Waals surface area contributed by atoms with Gasteiger partial charge in [-0.05, 0) is 53.9 Å². The molecule has 3 nitrogen and oxygen atoms in total. The summed E-state index contributed by atoms with van der Waals surface area (Å²) in [6.45, 7) is 0. The third-order valence-electron chi connectivity index (χ3n) is 5.18. The van der Waals surface area contributed by atoms with Gasteiger partial charge in [-0.25, -0.2) is 4.98 Å². The molecule has 134 valence electrons. The van der Waals surface area contributed by atoms with E-state index in [0.717, 1.165) is 32.9 Å².